The average molecular weight is 440 g/mol. The van der Waals surface area contributed by atoms with Crippen LogP contribution in [0.15, 0.2) is 18.2 Å². The fourth-order valence-electron chi connectivity index (χ4n) is 4.47. The van der Waals surface area contributed by atoms with Crippen molar-refractivity contribution in [1.29, 1.82) is 5.26 Å². The van der Waals surface area contributed by atoms with E-state index in [1.165, 1.54) is 6.07 Å². The first-order valence-electron chi connectivity index (χ1n) is 10.8. The maximum absolute atomic E-state index is 13.5. The van der Waals surface area contributed by atoms with Crippen molar-refractivity contribution in [3.05, 3.63) is 29.6 Å². The van der Waals surface area contributed by atoms with Gasteiger partial charge in [0, 0.05) is 37.9 Å². The van der Waals surface area contributed by atoms with Gasteiger partial charge in [-0.05, 0) is 62.8 Å². The standard InChI is InChI=1S/C22H28F4N4O/c23-20-6-5-18(15-19(20)22(24,25)26)30-13-11-29(12-14-30)10-8-16-1-3-17(4-2-16)28-21(31)7-9-27/h5-6,15-17H,1-4,7-8,10-14H2,(H,28,31)/t16-,17-. The van der Waals surface area contributed by atoms with E-state index < -0.39 is 17.6 Å². The maximum atomic E-state index is 13.5. The number of anilines is 1. The lowest BCUT2D eigenvalue weighted by Gasteiger charge is -2.37. The van der Waals surface area contributed by atoms with E-state index in [-0.39, 0.29) is 18.4 Å². The number of carbonyl (C=O) groups is 1. The largest absolute Gasteiger partial charge is 0.419 e. The molecule has 1 amide bonds. The van der Waals surface area contributed by atoms with Gasteiger partial charge in [-0.3, -0.25) is 9.69 Å². The Kier molecular flexibility index (Phi) is 7.76. The molecule has 1 saturated heterocycles. The number of alkyl halides is 3. The SMILES string of the molecule is N#CCC(=O)N[C@H]1CC[C@H](CCN2CCN(c3ccc(F)c(C(F)(F)F)c3)CC2)CC1. The molecular formula is C22H28F4N4O. The summed E-state index contributed by atoms with van der Waals surface area (Å²) in [6.45, 7) is 3.69. The van der Waals surface area contributed by atoms with Crippen LogP contribution in [0.2, 0.25) is 0 Å². The molecule has 1 N–H and O–H groups in total. The highest BCUT2D eigenvalue weighted by atomic mass is 19.4. The molecule has 1 aromatic carbocycles. The Balaban J connectivity index is 1.40. The van der Waals surface area contributed by atoms with Gasteiger partial charge in [0.15, 0.2) is 0 Å². The van der Waals surface area contributed by atoms with Crippen molar-refractivity contribution < 1.29 is 22.4 Å². The fraction of sp³-hybridized carbons (Fsp3) is 0.636. The molecule has 0 spiro atoms. The number of rotatable bonds is 6. The van der Waals surface area contributed by atoms with Gasteiger partial charge in [-0.2, -0.15) is 18.4 Å². The van der Waals surface area contributed by atoms with Crippen molar-refractivity contribution in [1.82, 2.24) is 10.2 Å². The number of nitrogens with zero attached hydrogens (tertiary/aromatic N) is 3. The molecule has 1 aliphatic heterocycles. The molecule has 0 bridgehead atoms. The van der Waals surface area contributed by atoms with Gasteiger partial charge in [0.2, 0.25) is 5.91 Å². The lowest BCUT2D eigenvalue weighted by atomic mass is 9.84. The maximum Gasteiger partial charge on any atom is 0.419 e. The number of nitriles is 1. The monoisotopic (exact) mass is 440 g/mol. The second-order valence-corrected chi connectivity index (χ2v) is 8.40. The van der Waals surface area contributed by atoms with Crippen molar-refractivity contribution in [3.63, 3.8) is 0 Å². The summed E-state index contributed by atoms with van der Waals surface area (Å²) in [6.07, 6.45) is 0.235. The molecular weight excluding hydrogens is 412 g/mol. The van der Waals surface area contributed by atoms with Crippen molar-refractivity contribution in [2.75, 3.05) is 37.6 Å². The van der Waals surface area contributed by atoms with Gasteiger partial charge >= 0.3 is 6.18 Å². The van der Waals surface area contributed by atoms with Gasteiger partial charge in [-0.1, -0.05) is 0 Å². The second kappa shape index (κ2) is 10.3. The van der Waals surface area contributed by atoms with Gasteiger partial charge in [0.1, 0.15) is 12.2 Å². The Morgan fingerprint density at radius 2 is 1.81 bits per heavy atom. The van der Waals surface area contributed by atoms with Crippen LogP contribution in [0.1, 0.15) is 44.1 Å². The molecule has 3 rings (SSSR count). The highest BCUT2D eigenvalue weighted by molar-refractivity contribution is 5.78. The summed E-state index contributed by atoms with van der Waals surface area (Å²) < 4.78 is 52.4. The normalized spacial score (nSPS) is 22.7. The van der Waals surface area contributed by atoms with Crippen LogP contribution in [0.5, 0.6) is 0 Å². The van der Waals surface area contributed by atoms with Gasteiger partial charge in [-0.25, -0.2) is 4.39 Å². The Labute approximate surface area is 180 Å². The summed E-state index contributed by atoms with van der Waals surface area (Å²) in [5.74, 6) is -0.838. The molecule has 2 aliphatic rings. The average Bonchev–Trinajstić information content (AvgIpc) is 2.73. The van der Waals surface area contributed by atoms with Gasteiger partial charge in [0.05, 0.1) is 11.6 Å². The molecule has 31 heavy (non-hydrogen) atoms. The van der Waals surface area contributed by atoms with Crippen LogP contribution in [0.4, 0.5) is 23.2 Å². The Morgan fingerprint density at radius 3 is 2.42 bits per heavy atom. The van der Waals surface area contributed by atoms with Crippen LogP contribution in [0.25, 0.3) is 0 Å². The number of piperazine rings is 1. The second-order valence-electron chi connectivity index (χ2n) is 8.40. The quantitative estimate of drug-likeness (QED) is 0.681. The van der Waals surface area contributed by atoms with E-state index in [4.69, 9.17) is 5.26 Å². The Bertz CT molecular complexity index is 792. The summed E-state index contributed by atoms with van der Waals surface area (Å²) in [5, 5.41) is 11.5. The van der Waals surface area contributed by atoms with Gasteiger partial charge in [0.25, 0.3) is 0 Å². The highest BCUT2D eigenvalue weighted by Crippen LogP contribution is 2.34. The van der Waals surface area contributed by atoms with Crippen LogP contribution in [0.3, 0.4) is 0 Å². The molecule has 5 nitrogen and oxygen atoms in total. The third-order valence-electron chi connectivity index (χ3n) is 6.30. The first kappa shape index (κ1) is 23.3. The minimum absolute atomic E-state index is 0.0959. The number of hydrogen-bond acceptors (Lipinski definition) is 4. The van der Waals surface area contributed by atoms with Crippen molar-refractivity contribution >= 4 is 11.6 Å². The topological polar surface area (TPSA) is 59.4 Å². The van der Waals surface area contributed by atoms with Crippen LogP contribution in [-0.4, -0.2) is 49.6 Å². The van der Waals surface area contributed by atoms with E-state index in [0.717, 1.165) is 63.9 Å². The van der Waals surface area contributed by atoms with E-state index >= 15 is 0 Å². The van der Waals surface area contributed by atoms with Crippen LogP contribution >= 0.6 is 0 Å². The number of nitrogens with one attached hydrogen (secondary N) is 1. The number of benzene rings is 1. The van der Waals surface area contributed by atoms with E-state index in [9.17, 15) is 22.4 Å². The Hall–Kier alpha value is -2.34. The molecule has 0 aromatic heterocycles. The van der Waals surface area contributed by atoms with E-state index in [1.54, 1.807) is 0 Å². The minimum Gasteiger partial charge on any atom is -0.369 e. The number of hydrogen-bond donors (Lipinski definition) is 1. The van der Waals surface area contributed by atoms with Gasteiger partial charge in [-0.15, -0.1) is 0 Å². The molecule has 2 fully saturated rings. The van der Waals surface area contributed by atoms with E-state index in [1.807, 2.05) is 11.0 Å². The smallest absolute Gasteiger partial charge is 0.369 e. The molecule has 1 aromatic rings. The number of halogens is 4. The predicted octanol–water partition coefficient (Wildman–Crippen LogP) is 3.95. The van der Waals surface area contributed by atoms with Crippen LogP contribution in [0, 0.1) is 23.1 Å². The molecule has 0 radical (unpaired) electrons. The zero-order valence-electron chi connectivity index (χ0n) is 17.4. The molecule has 0 unspecified atom stereocenters. The molecule has 170 valence electrons. The number of carbonyl (C=O) groups excluding carboxylic acids is 1. The first-order chi connectivity index (χ1) is 14.8. The minimum atomic E-state index is -4.69. The molecule has 1 aliphatic carbocycles. The van der Waals surface area contributed by atoms with Crippen LogP contribution in [-0.2, 0) is 11.0 Å². The molecule has 9 heteroatoms. The summed E-state index contributed by atoms with van der Waals surface area (Å²) in [7, 11) is 0. The first-order valence-corrected chi connectivity index (χ1v) is 10.8. The van der Waals surface area contributed by atoms with Crippen molar-refractivity contribution in [2.45, 2.75) is 50.7 Å². The zero-order valence-corrected chi connectivity index (χ0v) is 17.4. The lowest BCUT2D eigenvalue weighted by Crippen LogP contribution is -2.47. The van der Waals surface area contributed by atoms with E-state index in [2.05, 4.69) is 10.2 Å². The molecule has 1 heterocycles. The Morgan fingerprint density at radius 1 is 1.13 bits per heavy atom. The third-order valence-corrected chi connectivity index (χ3v) is 6.30. The van der Waals surface area contributed by atoms with E-state index in [0.29, 0.717) is 24.7 Å². The summed E-state index contributed by atoms with van der Waals surface area (Å²) >= 11 is 0. The van der Waals surface area contributed by atoms with Crippen molar-refractivity contribution in [3.8, 4) is 6.07 Å². The van der Waals surface area contributed by atoms with Crippen molar-refractivity contribution in [2.24, 2.45) is 5.92 Å². The summed E-state index contributed by atoms with van der Waals surface area (Å²) in [5.41, 5.74) is -0.808. The molecule has 0 atom stereocenters. The highest BCUT2D eigenvalue weighted by Gasteiger charge is 2.35. The third kappa shape index (κ3) is 6.57. The number of amides is 1. The predicted molar refractivity (Wildman–Crippen MR) is 109 cm³/mol. The zero-order chi connectivity index (χ0) is 22.4. The summed E-state index contributed by atoms with van der Waals surface area (Å²) in [6, 6.07) is 5.23. The molecule has 1 saturated carbocycles. The lowest BCUT2D eigenvalue weighted by molar-refractivity contribution is -0.140. The fourth-order valence-corrected chi connectivity index (χ4v) is 4.47. The van der Waals surface area contributed by atoms with Crippen LogP contribution < -0.4 is 10.2 Å². The summed E-state index contributed by atoms with van der Waals surface area (Å²) in [4.78, 5) is 15.7. The van der Waals surface area contributed by atoms with Gasteiger partial charge < -0.3 is 10.2 Å².